The van der Waals surface area contributed by atoms with E-state index in [-0.39, 0.29) is 48.0 Å². The summed E-state index contributed by atoms with van der Waals surface area (Å²) in [7, 11) is 3.51. The Bertz CT molecular complexity index is 1810. The van der Waals surface area contributed by atoms with Gasteiger partial charge in [-0.1, -0.05) is 23.7 Å². The van der Waals surface area contributed by atoms with Crippen molar-refractivity contribution >= 4 is 39.7 Å². The molecule has 0 saturated carbocycles. The van der Waals surface area contributed by atoms with E-state index in [0.29, 0.717) is 27.5 Å². The fraction of sp³-hybridized carbons (Fsp3) is 0.226. The highest BCUT2D eigenvalue weighted by Crippen LogP contribution is 2.36. The first-order chi connectivity index (χ1) is 21.7. The van der Waals surface area contributed by atoms with Gasteiger partial charge in [0, 0.05) is 52.2 Å². The normalized spacial score (nSPS) is 14.2. The number of anilines is 2. The summed E-state index contributed by atoms with van der Waals surface area (Å²) in [5.41, 5.74) is 2.06. The number of nitrogens with one attached hydrogen (secondary N) is 1. The molecule has 2 aromatic carbocycles. The Balaban J connectivity index is 1.74. The van der Waals surface area contributed by atoms with E-state index >= 15 is 0 Å². The standard InChI is InChI=1S/C31H30ClN5O3/c1-4-39-30-17-28-26(15-21(30)14-25(38)9-7-13-37(2)3)31(22(18-33)19-35-28)36-23-10-11-29(27(32)16-23)40-20-24-8-5-6-12-34-24/h5-12,15-17,19H,4,13-14,20H2,1-3H3,(H,35,36)/b9-7+/i1D3,4D2,7D. The van der Waals surface area contributed by atoms with Crippen LogP contribution in [0.1, 0.15) is 31.9 Å². The quantitative estimate of drug-likeness (QED) is 0.207. The molecule has 0 aliphatic rings. The number of allylic oxidation sites excluding steroid dienone is 1. The number of hydrogen-bond donors (Lipinski definition) is 1. The number of hydrogen-bond acceptors (Lipinski definition) is 8. The Hall–Kier alpha value is -4.45. The summed E-state index contributed by atoms with van der Waals surface area (Å²) in [6.45, 7) is -5.81. The van der Waals surface area contributed by atoms with Gasteiger partial charge < -0.3 is 19.7 Å². The SMILES string of the molecule is [2H]/C(=C\C(=O)Cc1cc2c(Nc3ccc(OCc4ccccn4)c(Cl)c3)c(C#N)cnc2cc1OC([2H])([2H])C([2H])([2H])[2H])CN(C)C. The maximum atomic E-state index is 13.0. The highest BCUT2D eigenvalue weighted by molar-refractivity contribution is 6.32. The van der Waals surface area contributed by atoms with E-state index in [1.54, 1.807) is 49.5 Å². The van der Waals surface area contributed by atoms with Gasteiger partial charge in [0.1, 0.15) is 24.2 Å². The molecule has 0 aliphatic carbocycles. The average Bonchev–Trinajstić information content (AvgIpc) is 2.96. The van der Waals surface area contributed by atoms with Crippen molar-refractivity contribution in [3.63, 3.8) is 0 Å². The molecule has 204 valence electrons. The van der Waals surface area contributed by atoms with Gasteiger partial charge in [0.05, 0.1) is 38.2 Å². The number of aromatic nitrogens is 2. The van der Waals surface area contributed by atoms with Crippen molar-refractivity contribution in [2.45, 2.75) is 19.9 Å². The largest absolute Gasteiger partial charge is 0.494 e. The van der Waals surface area contributed by atoms with E-state index in [1.807, 2.05) is 12.1 Å². The number of ether oxygens (including phenoxy) is 2. The molecule has 4 aromatic rings. The first-order valence-corrected chi connectivity index (χ1v) is 12.5. The summed E-state index contributed by atoms with van der Waals surface area (Å²) in [6.07, 6.45) is 3.77. The summed E-state index contributed by atoms with van der Waals surface area (Å²) in [4.78, 5) is 23.2. The van der Waals surface area contributed by atoms with Gasteiger partial charge >= 0.3 is 0 Å². The second kappa shape index (κ2) is 13.6. The molecule has 0 spiro atoms. The van der Waals surface area contributed by atoms with Crippen LogP contribution in [-0.4, -0.2) is 47.9 Å². The molecule has 0 fully saturated rings. The molecule has 0 atom stereocenters. The Morgan fingerprint density at radius 1 is 1.23 bits per heavy atom. The zero-order valence-corrected chi connectivity index (χ0v) is 22.6. The summed E-state index contributed by atoms with van der Waals surface area (Å²) in [5.74, 6) is -0.284. The summed E-state index contributed by atoms with van der Waals surface area (Å²) >= 11 is 6.51. The number of nitrogens with zero attached hydrogens (tertiary/aromatic N) is 4. The van der Waals surface area contributed by atoms with Gasteiger partial charge in [-0.05, 0) is 63.4 Å². The van der Waals surface area contributed by atoms with Crippen LogP contribution in [0.3, 0.4) is 0 Å². The van der Waals surface area contributed by atoms with Crippen LogP contribution in [0.2, 0.25) is 5.02 Å². The lowest BCUT2D eigenvalue weighted by Crippen LogP contribution is -2.11. The molecular formula is C31H30ClN5O3. The number of nitriles is 1. The summed E-state index contributed by atoms with van der Waals surface area (Å²) in [5, 5.41) is 13.8. The van der Waals surface area contributed by atoms with Crippen molar-refractivity contribution in [3.8, 4) is 17.6 Å². The van der Waals surface area contributed by atoms with Crippen LogP contribution in [0, 0.1) is 11.3 Å². The molecule has 0 amide bonds. The van der Waals surface area contributed by atoms with Gasteiger partial charge in [0.2, 0.25) is 0 Å². The van der Waals surface area contributed by atoms with E-state index in [1.165, 1.54) is 18.3 Å². The van der Waals surface area contributed by atoms with Crippen molar-refractivity contribution < 1.29 is 22.5 Å². The van der Waals surface area contributed by atoms with E-state index in [2.05, 4.69) is 21.4 Å². The molecule has 0 saturated heterocycles. The molecule has 0 aliphatic heterocycles. The van der Waals surface area contributed by atoms with E-state index in [4.69, 9.17) is 29.3 Å². The third-order valence-electron chi connectivity index (χ3n) is 5.67. The Morgan fingerprint density at radius 2 is 2.10 bits per heavy atom. The van der Waals surface area contributed by atoms with Crippen LogP contribution >= 0.6 is 11.6 Å². The number of halogens is 1. The van der Waals surface area contributed by atoms with Crippen molar-refractivity contribution in [3.05, 3.63) is 94.9 Å². The number of benzene rings is 2. The molecule has 4 rings (SSSR count). The van der Waals surface area contributed by atoms with Gasteiger partial charge in [-0.25, -0.2) is 0 Å². The fourth-order valence-electron chi connectivity index (χ4n) is 3.83. The highest BCUT2D eigenvalue weighted by atomic mass is 35.5. The zero-order chi connectivity index (χ0) is 33.6. The lowest BCUT2D eigenvalue weighted by atomic mass is 10.0. The lowest BCUT2D eigenvalue weighted by molar-refractivity contribution is -0.114. The molecule has 1 N–H and O–H groups in total. The van der Waals surface area contributed by atoms with E-state index in [0.717, 1.165) is 11.8 Å². The number of pyridine rings is 2. The third kappa shape index (κ3) is 7.35. The van der Waals surface area contributed by atoms with Gasteiger partial charge in [-0.15, -0.1) is 0 Å². The molecule has 0 bridgehead atoms. The van der Waals surface area contributed by atoms with Crippen molar-refractivity contribution in [1.29, 1.82) is 5.26 Å². The number of ketones is 1. The molecule has 8 nitrogen and oxygen atoms in total. The molecular weight excluding hydrogens is 526 g/mol. The number of fused-ring (bicyclic) bond motifs is 1. The van der Waals surface area contributed by atoms with Crippen LogP contribution < -0.4 is 14.8 Å². The third-order valence-corrected chi connectivity index (χ3v) is 5.97. The summed E-state index contributed by atoms with van der Waals surface area (Å²) in [6, 6.07) is 15.4. The lowest BCUT2D eigenvalue weighted by Gasteiger charge is -2.16. The van der Waals surface area contributed by atoms with Crippen molar-refractivity contribution in [2.75, 3.05) is 32.5 Å². The van der Waals surface area contributed by atoms with E-state index < -0.39 is 19.2 Å². The smallest absolute Gasteiger partial charge is 0.159 e. The van der Waals surface area contributed by atoms with Gasteiger partial charge in [0.15, 0.2) is 5.78 Å². The van der Waals surface area contributed by atoms with Gasteiger partial charge in [0.25, 0.3) is 0 Å². The first kappa shape index (κ1) is 21.4. The average molecular weight is 562 g/mol. The number of likely N-dealkylation sites (N-methyl/N-ethyl adjacent to an activating group) is 1. The Kier molecular flexibility index (Phi) is 7.25. The van der Waals surface area contributed by atoms with Crippen LogP contribution in [0.25, 0.3) is 10.9 Å². The monoisotopic (exact) mass is 561 g/mol. The van der Waals surface area contributed by atoms with Crippen LogP contribution in [-0.2, 0) is 17.8 Å². The second-order valence-electron chi connectivity index (χ2n) is 8.95. The maximum absolute atomic E-state index is 13.0. The van der Waals surface area contributed by atoms with E-state index in [9.17, 15) is 10.1 Å². The number of rotatable bonds is 12. The molecule has 40 heavy (non-hydrogen) atoms. The van der Waals surface area contributed by atoms with Crippen molar-refractivity contribution in [1.82, 2.24) is 14.9 Å². The fourth-order valence-corrected chi connectivity index (χ4v) is 4.06. The predicted molar refractivity (Wildman–Crippen MR) is 157 cm³/mol. The Labute approximate surface area is 247 Å². The highest BCUT2D eigenvalue weighted by Gasteiger charge is 2.16. The minimum Gasteiger partial charge on any atom is -0.494 e. The van der Waals surface area contributed by atoms with Crippen LogP contribution in [0.5, 0.6) is 11.5 Å². The molecule has 0 radical (unpaired) electrons. The maximum Gasteiger partial charge on any atom is 0.159 e. The van der Waals surface area contributed by atoms with Crippen LogP contribution in [0.15, 0.2) is 73.1 Å². The molecule has 2 aromatic heterocycles. The second-order valence-corrected chi connectivity index (χ2v) is 9.36. The Morgan fingerprint density at radius 3 is 2.83 bits per heavy atom. The van der Waals surface area contributed by atoms with Crippen molar-refractivity contribution in [2.24, 2.45) is 0 Å². The van der Waals surface area contributed by atoms with Gasteiger partial charge in [-0.3, -0.25) is 14.8 Å². The van der Waals surface area contributed by atoms with Crippen LogP contribution in [0.4, 0.5) is 11.4 Å². The first-order valence-electron chi connectivity index (χ1n) is 15.2. The predicted octanol–water partition coefficient (Wildman–Crippen LogP) is 6.11. The molecule has 9 heteroatoms. The summed E-state index contributed by atoms with van der Waals surface area (Å²) < 4.78 is 58.0. The molecule has 0 unspecified atom stereocenters. The minimum absolute atomic E-state index is 0.0520. The number of carbonyl (C=O) groups excluding carboxylic acids is 1. The zero-order valence-electron chi connectivity index (χ0n) is 27.9. The number of carbonyl (C=O) groups is 1. The minimum atomic E-state index is -3.14. The topological polar surface area (TPSA) is 100 Å². The van der Waals surface area contributed by atoms with Gasteiger partial charge in [-0.2, -0.15) is 5.26 Å². The molecule has 2 heterocycles.